The Bertz CT molecular complexity index is 237. The lowest BCUT2D eigenvalue weighted by atomic mass is 9.94. The number of nitrogens with zero attached hydrogens (tertiary/aromatic N) is 1. The minimum Gasteiger partial charge on any atom is -0.378 e. The van der Waals surface area contributed by atoms with Gasteiger partial charge in [0.05, 0.1) is 13.2 Å². The molecule has 2 atom stereocenters. The molecule has 0 aromatic carbocycles. The Morgan fingerprint density at radius 2 is 2.18 bits per heavy atom. The molecule has 0 amide bonds. The first-order valence-corrected chi connectivity index (χ1v) is 3.86. The number of rotatable bonds is 0. The highest BCUT2D eigenvalue weighted by molar-refractivity contribution is 5.80. The van der Waals surface area contributed by atoms with Gasteiger partial charge in [-0.25, -0.2) is 0 Å². The number of ketones is 1. The van der Waals surface area contributed by atoms with Crippen molar-refractivity contribution in [3.8, 4) is 0 Å². The fourth-order valence-corrected chi connectivity index (χ4v) is 1.72. The molecular weight excluding hydrogens is 142 g/mol. The molecule has 11 heavy (non-hydrogen) atoms. The van der Waals surface area contributed by atoms with Gasteiger partial charge in [-0.05, 0) is 6.98 Å². The molecule has 0 radical (unpaired) electrons. The molecule has 0 spiro atoms. The Labute approximate surface area is 70.5 Å². The third-order valence-electron chi connectivity index (χ3n) is 2.33. The highest BCUT2D eigenvalue weighted by Gasteiger charge is 2.35. The van der Waals surface area contributed by atoms with Gasteiger partial charge in [-0.1, -0.05) is 0 Å². The predicted molar refractivity (Wildman–Crippen MR) is 40.4 cm³/mol. The molecule has 0 N–H and O–H groups in total. The maximum atomic E-state index is 11.3. The summed E-state index contributed by atoms with van der Waals surface area (Å²) in [5.41, 5.74) is 0. The SMILES string of the molecule is [2H]C([2H])([2H])N1[C@@H]2COC[C@H]1CC(=O)C2. The molecule has 0 saturated carbocycles. The van der Waals surface area contributed by atoms with Gasteiger partial charge >= 0.3 is 0 Å². The number of carbonyl (C=O) groups excluding carboxylic acids is 1. The number of likely N-dealkylation sites (N-methyl/N-ethyl adjacent to an activating group) is 1. The Kier molecular flexibility index (Phi) is 1.07. The minimum absolute atomic E-state index is 0.156. The van der Waals surface area contributed by atoms with Crippen molar-refractivity contribution in [3.05, 3.63) is 0 Å². The van der Waals surface area contributed by atoms with E-state index in [9.17, 15) is 4.79 Å². The topological polar surface area (TPSA) is 29.5 Å². The van der Waals surface area contributed by atoms with Crippen LogP contribution < -0.4 is 0 Å². The summed E-state index contributed by atoms with van der Waals surface area (Å²) in [5.74, 6) is 0.156. The molecule has 2 heterocycles. The molecule has 2 aliphatic rings. The molecule has 0 aromatic heterocycles. The lowest BCUT2D eigenvalue weighted by Gasteiger charge is -2.42. The van der Waals surface area contributed by atoms with E-state index in [1.54, 1.807) is 0 Å². The van der Waals surface area contributed by atoms with Crippen LogP contribution in [0.3, 0.4) is 0 Å². The van der Waals surface area contributed by atoms with Crippen LogP contribution in [0.4, 0.5) is 0 Å². The summed E-state index contributed by atoms with van der Waals surface area (Å²) in [5, 5.41) is 0. The summed E-state index contributed by atoms with van der Waals surface area (Å²) in [7, 11) is 0. The number of Topliss-reactive ketones (excluding diaryl/α,β-unsaturated/α-hetero) is 1. The summed E-state index contributed by atoms with van der Waals surface area (Å²) < 4.78 is 27.4. The van der Waals surface area contributed by atoms with Gasteiger partial charge in [-0.15, -0.1) is 0 Å². The van der Waals surface area contributed by atoms with Gasteiger partial charge in [0.1, 0.15) is 5.78 Å². The minimum atomic E-state index is -2.10. The summed E-state index contributed by atoms with van der Waals surface area (Å²) >= 11 is 0. The fraction of sp³-hybridized carbons (Fsp3) is 0.875. The summed E-state index contributed by atoms with van der Waals surface area (Å²) in [4.78, 5) is 12.8. The summed E-state index contributed by atoms with van der Waals surface area (Å²) in [6, 6.07) is -0.495. The second-order valence-corrected chi connectivity index (χ2v) is 3.20. The van der Waals surface area contributed by atoms with Crippen molar-refractivity contribution in [3.63, 3.8) is 0 Å². The Hall–Kier alpha value is -0.410. The third kappa shape index (κ3) is 1.19. The van der Waals surface area contributed by atoms with E-state index in [4.69, 9.17) is 8.85 Å². The Balaban J connectivity index is 2.21. The predicted octanol–water partition coefficient (Wildman–Crippen LogP) is 0.0485. The number of hydrogen-bond acceptors (Lipinski definition) is 3. The average Bonchev–Trinajstić information content (AvgIpc) is 1.99. The molecule has 2 rings (SSSR count). The first kappa shape index (κ1) is 4.58. The van der Waals surface area contributed by atoms with Crippen molar-refractivity contribution in [1.82, 2.24) is 4.90 Å². The molecule has 0 aliphatic carbocycles. The van der Waals surface area contributed by atoms with Gasteiger partial charge in [0.25, 0.3) is 0 Å². The van der Waals surface area contributed by atoms with Gasteiger partial charge in [0, 0.05) is 29.0 Å². The number of carbonyl (C=O) groups is 1. The number of fused-ring (bicyclic) bond motifs is 2. The Morgan fingerprint density at radius 3 is 2.73 bits per heavy atom. The zero-order valence-corrected chi connectivity index (χ0v) is 6.25. The van der Waals surface area contributed by atoms with Crippen molar-refractivity contribution in [1.29, 1.82) is 0 Å². The van der Waals surface area contributed by atoms with E-state index in [1.165, 1.54) is 4.90 Å². The molecular formula is C8H13NO2. The molecule has 2 aliphatic heterocycles. The number of hydrogen-bond donors (Lipinski definition) is 0. The normalized spacial score (nSPS) is 44.4. The maximum Gasteiger partial charge on any atom is 0.136 e. The van der Waals surface area contributed by atoms with Crippen molar-refractivity contribution < 1.29 is 13.6 Å². The number of ether oxygens (including phenoxy) is 1. The van der Waals surface area contributed by atoms with Crippen LogP contribution in [-0.4, -0.2) is 43.0 Å². The van der Waals surface area contributed by atoms with E-state index in [2.05, 4.69) is 0 Å². The van der Waals surface area contributed by atoms with Crippen LogP contribution in [0.25, 0.3) is 0 Å². The fourth-order valence-electron chi connectivity index (χ4n) is 1.72. The molecule has 0 aromatic rings. The van der Waals surface area contributed by atoms with Crippen molar-refractivity contribution in [2.75, 3.05) is 20.2 Å². The molecule has 2 fully saturated rings. The smallest absolute Gasteiger partial charge is 0.136 e. The van der Waals surface area contributed by atoms with Gasteiger partial charge < -0.3 is 4.74 Å². The second-order valence-electron chi connectivity index (χ2n) is 3.20. The van der Waals surface area contributed by atoms with Crippen LogP contribution in [0.15, 0.2) is 0 Å². The Morgan fingerprint density at radius 1 is 1.55 bits per heavy atom. The van der Waals surface area contributed by atoms with Crippen LogP contribution in [0.2, 0.25) is 0 Å². The van der Waals surface area contributed by atoms with Crippen LogP contribution in [0, 0.1) is 0 Å². The first-order chi connectivity index (χ1) is 6.48. The van der Waals surface area contributed by atoms with Gasteiger partial charge in [0.15, 0.2) is 0 Å². The summed E-state index contributed by atoms with van der Waals surface area (Å²) in [6.45, 7) is -1.37. The van der Waals surface area contributed by atoms with Crippen LogP contribution >= 0.6 is 0 Å². The van der Waals surface area contributed by atoms with E-state index < -0.39 is 6.98 Å². The highest BCUT2D eigenvalue weighted by Crippen LogP contribution is 2.22. The summed E-state index contributed by atoms with van der Waals surface area (Å²) in [6.07, 6.45) is 0.629. The van der Waals surface area contributed by atoms with Crippen LogP contribution in [-0.2, 0) is 9.53 Å². The van der Waals surface area contributed by atoms with Gasteiger partial charge in [-0.2, -0.15) is 0 Å². The molecule has 2 bridgehead atoms. The van der Waals surface area contributed by atoms with Gasteiger partial charge in [-0.3, -0.25) is 9.69 Å². The van der Waals surface area contributed by atoms with E-state index in [1.807, 2.05) is 0 Å². The van der Waals surface area contributed by atoms with E-state index in [0.717, 1.165) is 0 Å². The first-order valence-electron chi connectivity index (χ1n) is 5.36. The average molecular weight is 158 g/mol. The molecule has 3 heteroatoms. The van der Waals surface area contributed by atoms with Gasteiger partial charge in [0.2, 0.25) is 0 Å². The number of piperidine rings is 1. The maximum absolute atomic E-state index is 11.3. The second kappa shape index (κ2) is 2.57. The zero-order chi connectivity index (χ0) is 10.3. The standard InChI is InChI=1S/C8H13NO2/c1-9-6-2-8(10)3-7(9)5-11-4-6/h6-7H,2-5H2,1H3/t6-,7+/i1D3. The number of morpholine rings is 1. The lowest BCUT2D eigenvalue weighted by molar-refractivity contribution is -0.133. The van der Waals surface area contributed by atoms with Crippen LogP contribution in [0.1, 0.15) is 17.0 Å². The highest BCUT2D eigenvalue weighted by atomic mass is 16.5. The quantitative estimate of drug-likeness (QED) is 0.499. The largest absolute Gasteiger partial charge is 0.378 e. The molecule has 3 nitrogen and oxygen atoms in total. The molecule has 0 unspecified atom stereocenters. The van der Waals surface area contributed by atoms with Crippen molar-refractivity contribution >= 4 is 5.78 Å². The van der Waals surface area contributed by atoms with Crippen molar-refractivity contribution in [2.45, 2.75) is 24.9 Å². The lowest BCUT2D eigenvalue weighted by Crippen LogP contribution is -2.55. The van der Waals surface area contributed by atoms with Crippen LogP contribution in [0.5, 0.6) is 0 Å². The monoisotopic (exact) mass is 158 g/mol. The molecule has 2 saturated heterocycles. The van der Waals surface area contributed by atoms with Crippen molar-refractivity contribution in [2.24, 2.45) is 0 Å². The third-order valence-corrected chi connectivity index (χ3v) is 2.33. The van der Waals surface area contributed by atoms with E-state index in [-0.39, 0.29) is 17.9 Å². The van der Waals surface area contributed by atoms with E-state index in [0.29, 0.717) is 26.1 Å². The van der Waals surface area contributed by atoms with E-state index >= 15 is 0 Å². The molecule has 62 valence electrons. The zero-order valence-electron chi connectivity index (χ0n) is 9.25.